The van der Waals surface area contributed by atoms with Gasteiger partial charge in [-0.05, 0) is 42.3 Å². The Morgan fingerprint density at radius 3 is 2.38 bits per heavy atom. The lowest BCUT2D eigenvalue weighted by Crippen LogP contribution is -2.24. The van der Waals surface area contributed by atoms with Gasteiger partial charge in [-0.15, -0.1) is 0 Å². The topological polar surface area (TPSA) is 55.1 Å². The van der Waals surface area contributed by atoms with E-state index in [4.69, 9.17) is 5.73 Å². The van der Waals surface area contributed by atoms with E-state index >= 15 is 0 Å². The average molecular weight is 290 g/mol. The van der Waals surface area contributed by atoms with Crippen LogP contribution in [0.15, 0.2) is 42.5 Å². The molecule has 0 heterocycles. The normalized spacial score (nSPS) is 10.4. The zero-order valence-electron chi connectivity index (χ0n) is 11.4. The number of hydrogen-bond donors (Lipinski definition) is 2. The average Bonchev–Trinajstić information content (AvgIpc) is 2.49. The molecule has 2 aromatic rings. The molecule has 0 fully saturated rings. The summed E-state index contributed by atoms with van der Waals surface area (Å²) in [5, 5.41) is 2.56. The fourth-order valence-electron chi connectivity index (χ4n) is 1.94. The van der Waals surface area contributed by atoms with Gasteiger partial charge in [0, 0.05) is 6.54 Å². The Balaban J connectivity index is 1.99. The summed E-state index contributed by atoms with van der Waals surface area (Å²) in [6.45, 7) is 0.826. The molecule has 110 valence electrons. The fourth-order valence-corrected chi connectivity index (χ4v) is 1.94. The van der Waals surface area contributed by atoms with Crippen LogP contribution < -0.4 is 11.1 Å². The van der Waals surface area contributed by atoms with Gasteiger partial charge in [0.05, 0.1) is 5.56 Å². The van der Waals surface area contributed by atoms with Gasteiger partial charge in [-0.3, -0.25) is 4.79 Å². The molecule has 21 heavy (non-hydrogen) atoms. The van der Waals surface area contributed by atoms with Gasteiger partial charge in [-0.1, -0.05) is 24.3 Å². The molecule has 1 amide bonds. The Hall–Kier alpha value is -2.27. The number of halogens is 2. The van der Waals surface area contributed by atoms with Crippen LogP contribution in [-0.2, 0) is 13.0 Å². The maximum Gasteiger partial charge on any atom is 0.254 e. The molecule has 2 aromatic carbocycles. The van der Waals surface area contributed by atoms with Crippen molar-refractivity contribution in [3.05, 3.63) is 70.8 Å². The monoisotopic (exact) mass is 290 g/mol. The highest BCUT2D eigenvalue weighted by Crippen LogP contribution is 2.10. The number of amides is 1. The fraction of sp³-hybridized carbons (Fsp3) is 0.188. The van der Waals surface area contributed by atoms with E-state index in [1.54, 1.807) is 0 Å². The standard InChI is InChI=1S/C16H16F2N2O/c17-13-5-6-15(18)14(9-13)16(21)20-10-12-3-1-11(2-4-12)7-8-19/h1-6,9H,7-8,10,19H2,(H,20,21). The highest BCUT2D eigenvalue weighted by molar-refractivity contribution is 5.94. The Kier molecular flexibility index (Phi) is 5.00. The molecule has 0 aliphatic carbocycles. The maximum absolute atomic E-state index is 13.4. The molecule has 0 aromatic heterocycles. The minimum Gasteiger partial charge on any atom is -0.348 e. The third kappa shape index (κ3) is 4.10. The molecule has 0 spiro atoms. The van der Waals surface area contributed by atoms with Crippen molar-refractivity contribution >= 4 is 5.91 Å². The first-order valence-corrected chi connectivity index (χ1v) is 6.61. The minimum atomic E-state index is -0.743. The van der Waals surface area contributed by atoms with Crippen molar-refractivity contribution in [2.45, 2.75) is 13.0 Å². The molecule has 0 aliphatic rings. The molecule has 3 N–H and O–H groups in total. The number of carbonyl (C=O) groups is 1. The van der Waals surface area contributed by atoms with Gasteiger partial charge in [-0.25, -0.2) is 8.78 Å². The van der Waals surface area contributed by atoms with Crippen LogP contribution in [-0.4, -0.2) is 12.5 Å². The van der Waals surface area contributed by atoms with E-state index in [1.807, 2.05) is 24.3 Å². The summed E-state index contributed by atoms with van der Waals surface area (Å²) in [5.41, 5.74) is 7.16. The molecule has 0 aliphatic heterocycles. The highest BCUT2D eigenvalue weighted by atomic mass is 19.1. The number of nitrogens with one attached hydrogen (secondary N) is 1. The zero-order valence-corrected chi connectivity index (χ0v) is 11.4. The molecule has 0 unspecified atom stereocenters. The zero-order chi connectivity index (χ0) is 15.2. The maximum atomic E-state index is 13.4. The Morgan fingerprint density at radius 2 is 1.71 bits per heavy atom. The van der Waals surface area contributed by atoms with Gasteiger partial charge in [0.25, 0.3) is 5.91 Å². The molecule has 0 atom stereocenters. The number of benzene rings is 2. The predicted octanol–water partition coefficient (Wildman–Crippen LogP) is 2.40. The van der Waals surface area contributed by atoms with E-state index in [2.05, 4.69) is 5.32 Å². The summed E-state index contributed by atoms with van der Waals surface area (Å²) in [6, 6.07) is 10.4. The van der Waals surface area contributed by atoms with Crippen molar-refractivity contribution in [1.82, 2.24) is 5.32 Å². The van der Waals surface area contributed by atoms with Crippen LogP contribution in [0, 0.1) is 11.6 Å². The highest BCUT2D eigenvalue weighted by Gasteiger charge is 2.12. The Morgan fingerprint density at radius 1 is 1.05 bits per heavy atom. The largest absolute Gasteiger partial charge is 0.348 e. The van der Waals surface area contributed by atoms with E-state index < -0.39 is 17.5 Å². The SMILES string of the molecule is NCCc1ccc(CNC(=O)c2cc(F)ccc2F)cc1. The van der Waals surface area contributed by atoms with Crippen LogP contribution in [0.2, 0.25) is 0 Å². The number of nitrogens with two attached hydrogens (primary N) is 1. The summed E-state index contributed by atoms with van der Waals surface area (Å²) in [5.74, 6) is -2.03. The third-order valence-corrected chi connectivity index (χ3v) is 3.08. The van der Waals surface area contributed by atoms with Crippen molar-refractivity contribution in [1.29, 1.82) is 0 Å². The van der Waals surface area contributed by atoms with E-state index in [0.717, 1.165) is 35.7 Å². The minimum absolute atomic E-state index is 0.248. The second-order valence-corrected chi connectivity index (χ2v) is 4.66. The summed E-state index contributed by atoms with van der Waals surface area (Å²) >= 11 is 0. The van der Waals surface area contributed by atoms with Gasteiger partial charge in [0.2, 0.25) is 0 Å². The van der Waals surface area contributed by atoms with E-state index in [1.165, 1.54) is 0 Å². The first-order valence-electron chi connectivity index (χ1n) is 6.61. The molecule has 2 rings (SSSR count). The molecular weight excluding hydrogens is 274 g/mol. The molecule has 0 bridgehead atoms. The number of hydrogen-bond acceptors (Lipinski definition) is 2. The van der Waals surface area contributed by atoms with Crippen molar-refractivity contribution in [2.75, 3.05) is 6.54 Å². The van der Waals surface area contributed by atoms with Crippen molar-refractivity contribution < 1.29 is 13.6 Å². The van der Waals surface area contributed by atoms with E-state index in [9.17, 15) is 13.6 Å². The van der Waals surface area contributed by atoms with Gasteiger partial charge in [-0.2, -0.15) is 0 Å². The molecule has 3 nitrogen and oxygen atoms in total. The van der Waals surface area contributed by atoms with Crippen molar-refractivity contribution in [3.8, 4) is 0 Å². The van der Waals surface area contributed by atoms with Gasteiger partial charge in [0.1, 0.15) is 11.6 Å². The van der Waals surface area contributed by atoms with Crippen LogP contribution >= 0.6 is 0 Å². The summed E-state index contributed by atoms with van der Waals surface area (Å²) in [7, 11) is 0. The summed E-state index contributed by atoms with van der Waals surface area (Å²) in [4.78, 5) is 11.8. The van der Waals surface area contributed by atoms with Crippen LogP contribution in [0.4, 0.5) is 8.78 Å². The second-order valence-electron chi connectivity index (χ2n) is 4.66. The van der Waals surface area contributed by atoms with Crippen LogP contribution in [0.1, 0.15) is 21.5 Å². The Bertz CT molecular complexity index is 627. The predicted molar refractivity (Wildman–Crippen MR) is 76.7 cm³/mol. The first-order chi connectivity index (χ1) is 10.1. The summed E-state index contributed by atoms with van der Waals surface area (Å²) < 4.78 is 26.5. The lowest BCUT2D eigenvalue weighted by molar-refractivity contribution is 0.0946. The molecule has 5 heteroatoms. The third-order valence-electron chi connectivity index (χ3n) is 3.08. The number of rotatable bonds is 5. The number of carbonyl (C=O) groups excluding carboxylic acids is 1. The smallest absolute Gasteiger partial charge is 0.254 e. The quantitative estimate of drug-likeness (QED) is 0.888. The van der Waals surface area contributed by atoms with Crippen LogP contribution in [0.25, 0.3) is 0 Å². The molecular formula is C16H16F2N2O. The van der Waals surface area contributed by atoms with E-state index in [-0.39, 0.29) is 12.1 Å². The van der Waals surface area contributed by atoms with Crippen LogP contribution in [0.3, 0.4) is 0 Å². The first kappa shape index (κ1) is 15.1. The lowest BCUT2D eigenvalue weighted by atomic mass is 10.1. The van der Waals surface area contributed by atoms with Gasteiger partial charge >= 0.3 is 0 Å². The molecule has 0 saturated carbocycles. The van der Waals surface area contributed by atoms with Crippen molar-refractivity contribution in [2.24, 2.45) is 5.73 Å². The summed E-state index contributed by atoms with van der Waals surface area (Å²) in [6.07, 6.45) is 0.793. The van der Waals surface area contributed by atoms with Crippen molar-refractivity contribution in [3.63, 3.8) is 0 Å². The van der Waals surface area contributed by atoms with Gasteiger partial charge in [0.15, 0.2) is 0 Å². The van der Waals surface area contributed by atoms with E-state index in [0.29, 0.717) is 6.54 Å². The van der Waals surface area contributed by atoms with Crippen LogP contribution in [0.5, 0.6) is 0 Å². The Labute approximate surface area is 121 Å². The molecule has 0 saturated heterocycles. The second kappa shape index (κ2) is 6.95. The molecule has 0 radical (unpaired) electrons. The van der Waals surface area contributed by atoms with Gasteiger partial charge < -0.3 is 11.1 Å². The lowest BCUT2D eigenvalue weighted by Gasteiger charge is -2.07.